The van der Waals surface area contributed by atoms with Gasteiger partial charge in [0.2, 0.25) is 11.8 Å². The monoisotopic (exact) mass is 310 g/mol. The second-order valence-corrected chi connectivity index (χ2v) is 5.11. The molecule has 0 unspecified atom stereocenters. The van der Waals surface area contributed by atoms with Crippen molar-refractivity contribution < 1.29 is 4.74 Å². The molecule has 7 heteroatoms. The number of para-hydroxylation sites is 1. The molecule has 0 aliphatic rings. The van der Waals surface area contributed by atoms with Crippen molar-refractivity contribution in [2.75, 3.05) is 24.8 Å². The van der Waals surface area contributed by atoms with Crippen LogP contribution in [0.4, 0.5) is 11.8 Å². The Hall–Kier alpha value is -3.09. The second kappa shape index (κ2) is 6.35. The number of nitrogen functional groups attached to an aromatic ring is 1. The lowest BCUT2D eigenvalue weighted by atomic mass is 10.3. The first-order valence-electron chi connectivity index (χ1n) is 7.14. The van der Waals surface area contributed by atoms with Crippen LogP contribution in [0.3, 0.4) is 0 Å². The Morgan fingerprint density at radius 3 is 2.74 bits per heavy atom. The highest BCUT2D eigenvalue weighted by Crippen LogP contribution is 2.19. The summed E-state index contributed by atoms with van der Waals surface area (Å²) in [7, 11) is 3.48. The van der Waals surface area contributed by atoms with Crippen molar-refractivity contribution in [2.24, 2.45) is 0 Å². The first-order valence-corrected chi connectivity index (χ1v) is 7.14. The lowest BCUT2D eigenvalue weighted by Gasteiger charge is -2.17. The Balaban J connectivity index is 1.77. The van der Waals surface area contributed by atoms with Crippen molar-refractivity contribution in [3.63, 3.8) is 0 Å². The molecule has 0 spiro atoms. The lowest BCUT2D eigenvalue weighted by Crippen LogP contribution is -2.18. The molecule has 0 atom stereocenters. The summed E-state index contributed by atoms with van der Waals surface area (Å²) in [5, 5.41) is 4.39. The second-order valence-electron chi connectivity index (χ2n) is 5.11. The molecule has 0 aliphatic carbocycles. The van der Waals surface area contributed by atoms with Gasteiger partial charge >= 0.3 is 0 Å². The van der Waals surface area contributed by atoms with E-state index in [4.69, 9.17) is 10.5 Å². The molecule has 0 amide bonds. The number of anilines is 2. The molecule has 2 heterocycles. The molecule has 2 N–H and O–H groups in total. The Labute approximate surface area is 134 Å². The molecule has 0 saturated heterocycles. The van der Waals surface area contributed by atoms with Crippen LogP contribution in [0.15, 0.2) is 48.8 Å². The molecule has 1 aromatic carbocycles. The van der Waals surface area contributed by atoms with E-state index in [0.717, 1.165) is 11.3 Å². The number of nitrogens with two attached hydrogens (primary N) is 1. The van der Waals surface area contributed by atoms with E-state index in [1.54, 1.807) is 13.2 Å². The topological polar surface area (TPSA) is 82.1 Å². The van der Waals surface area contributed by atoms with E-state index in [0.29, 0.717) is 18.2 Å². The summed E-state index contributed by atoms with van der Waals surface area (Å²) in [6.07, 6.45) is 3.83. The molecule has 23 heavy (non-hydrogen) atoms. The molecule has 0 aliphatic heterocycles. The van der Waals surface area contributed by atoms with E-state index in [9.17, 15) is 0 Å². The minimum absolute atomic E-state index is 0.186. The van der Waals surface area contributed by atoms with E-state index >= 15 is 0 Å². The molecule has 0 bridgehead atoms. The lowest BCUT2D eigenvalue weighted by molar-refractivity contribution is 0.397. The van der Waals surface area contributed by atoms with Crippen molar-refractivity contribution in [3.8, 4) is 11.6 Å². The van der Waals surface area contributed by atoms with Crippen molar-refractivity contribution in [1.82, 2.24) is 19.7 Å². The van der Waals surface area contributed by atoms with Gasteiger partial charge in [0.1, 0.15) is 5.82 Å². The summed E-state index contributed by atoms with van der Waals surface area (Å²) < 4.78 is 6.97. The normalized spacial score (nSPS) is 10.5. The zero-order valence-electron chi connectivity index (χ0n) is 13.0. The van der Waals surface area contributed by atoms with Crippen LogP contribution < -0.4 is 15.4 Å². The fraction of sp³-hybridized carbons (Fsp3) is 0.188. The van der Waals surface area contributed by atoms with Crippen LogP contribution in [0.25, 0.3) is 5.69 Å². The Bertz CT molecular complexity index is 786. The Kier molecular flexibility index (Phi) is 4.09. The summed E-state index contributed by atoms with van der Waals surface area (Å²) in [5.41, 5.74) is 7.79. The fourth-order valence-electron chi connectivity index (χ4n) is 2.25. The third-order valence-corrected chi connectivity index (χ3v) is 3.38. The standard InChI is InChI=1S/C16H18N6O/c1-21(14-8-15(23-2)20-16(17)19-14)10-12-9-18-22(11-12)13-6-4-3-5-7-13/h3-9,11H,10H2,1-2H3,(H2,17,19,20). The van der Waals surface area contributed by atoms with Gasteiger partial charge in [0.25, 0.3) is 0 Å². The van der Waals surface area contributed by atoms with Crippen LogP contribution in [-0.2, 0) is 6.54 Å². The molecule has 3 aromatic rings. The van der Waals surface area contributed by atoms with Crippen molar-refractivity contribution in [1.29, 1.82) is 0 Å². The number of benzene rings is 1. The number of aromatic nitrogens is 4. The van der Waals surface area contributed by atoms with Crippen molar-refractivity contribution in [2.45, 2.75) is 6.54 Å². The van der Waals surface area contributed by atoms with Crippen LogP contribution in [0.2, 0.25) is 0 Å². The third-order valence-electron chi connectivity index (χ3n) is 3.38. The average molecular weight is 310 g/mol. The van der Waals surface area contributed by atoms with E-state index in [1.807, 2.05) is 59.4 Å². The maximum atomic E-state index is 5.70. The first kappa shape index (κ1) is 14.8. The van der Waals surface area contributed by atoms with Crippen LogP contribution in [0.5, 0.6) is 5.88 Å². The van der Waals surface area contributed by atoms with E-state index in [2.05, 4.69) is 15.1 Å². The molecule has 2 aromatic heterocycles. The predicted octanol–water partition coefficient (Wildman–Crippen LogP) is 1.89. The van der Waals surface area contributed by atoms with Gasteiger partial charge in [0.05, 0.1) is 19.0 Å². The summed E-state index contributed by atoms with van der Waals surface area (Å²) in [6.45, 7) is 0.645. The van der Waals surface area contributed by atoms with Gasteiger partial charge in [-0.15, -0.1) is 0 Å². The molecule has 0 radical (unpaired) electrons. The minimum Gasteiger partial charge on any atom is -0.481 e. The Morgan fingerprint density at radius 1 is 1.22 bits per heavy atom. The van der Waals surface area contributed by atoms with E-state index in [-0.39, 0.29) is 5.95 Å². The predicted molar refractivity (Wildman–Crippen MR) is 88.7 cm³/mol. The summed E-state index contributed by atoms with van der Waals surface area (Å²) >= 11 is 0. The zero-order chi connectivity index (χ0) is 16.2. The van der Waals surface area contributed by atoms with Crippen LogP contribution >= 0.6 is 0 Å². The van der Waals surface area contributed by atoms with Crippen molar-refractivity contribution >= 4 is 11.8 Å². The highest BCUT2D eigenvalue weighted by atomic mass is 16.5. The fourth-order valence-corrected chi connectivity index (χ4v) is 2.25. The SMILES string of the molecule is COc1cc(N(C)Cc2cnn(-c3ccccc3)c2)nc(N)n1. The van der Waals surface area contributed by atoms with Gasteiger partial charge in [-0.1, -0.05) is 18.2 Å². The summed E-state index contributed by atoms with van der Waals surface area (Å²) in [5.74, 6) is 1.33. The quantitative estimate of drug-likeness (QED) is 0.775. The van der Waals surface area contributed by atoms with Crippen molar-refractivity contribution in [3.05, 3.63) is 54.4 Å². The molecule has 0 saturated carbocycles. The number of rotatable bonds is 5. The zero-order valence-corrected chi connectivity index (χ0v) is 13.0. The van der Waals surface area contributed by atoms with Crippen LogP contribution in [-0.4, -0.2) is 33.9 Å². The van der Waals surface area contributed by atoms with Gasteiger partial charge in [-0.05, 0) is 12.1 Å². The number of hydrogen-bond donors (Lipinski definition) is 1. The van der Waals surface area contributed by atoms with Gasteiger partial charge in [-0.2, -0.15) is 15.1 Å². The number of hydrogen-bond acceptors (Lipinski definition) is 6. The smallest absolute Gasteiger partial charge is 0.225 e. The van der Waals surface area contributed by atoms with E-state index < -0.39 is 0 Å². The number of methoxy groups -OCH3 is 1. The highest BCUT2D eigenvalue weighted by molar-refractivity contribution is 5.45. The van der Waals surface area contributed by atoms with Gasteiger partial charge in [0.15, 0.2) is 0 Å². The van der Waals surface area contributed by atoms with Gasteiger partial charge < -0.3 is 15.4 Å². The summed E-state index contributed by atoms with van der Waals surface area (Å²) in [4.78, 5) is 10.2. The van der Waals surface area contributed by atoms with Gasteiger partial charge in [0, 0.05) is 31.4 Å². The molecule has 3 rings (SSSR count). The largest absolute Gasteiger partial charge is 0.481 e. The van der Waals surface area contributed by atoms with Crippen LogP contribution in [0, 0.1) is 0 Å². The summed E-state index contributed by atoms with van der Waals surface area (Å²) in [6, 6.07) is 11.7. The maximum Gasteiger partial charge on any atom is 0.225 e. The molecule has 7 nitrogen and oxygen atoms in total. The highest BCUT2D eigenvalue weighted by Gasteiger charge is 2.09. The van der Waals surface area contributed by atoms with E-state index in [1.165, 1.54) is 0 Å². The van der Waals surface area contributed by atoms with Gasteiger partial charge in [-0.3, -0.25) is 0 Å². The molecular formula is C16H18N6O. The minimum atomic E-state index is 0.186. The molecule has 118 valence electrons. The van der Waals surface area contributed by atoms with Gasteiger partial charge in [-0.25, -0.2) is 4.68 Å². The van der Waals surface area contributed by atoms with Crippen LogP contribution in [0.1, 0.15) is 5.56 Å². The number of ether oxygens (including phenoxy) is 1. The number of nitrogens with zero attached hydrogens (tertiary/aromatic N) is 5. The first-order chi connectivity index (χ1) is 11.2. The molecular weight excluding hydrogens is 292 g/mol. The molecule has 0 fully saturated rings. The average Bonchev–Trinajstić information content (AvgIpc) is 3.03. The third kappa shape index (κ3) is 3.39. The maximum absolute atomic E-state index is 5.70. The Morgan fingerprint density at radius 2 is 2.00 bits per heavy atom.